The van der Waals surface area contributed by atoms with Gasteiger partial charge in [-0.25, -0.2) is 5.84 Å². The maximum atomic E-state index is 10.7. The molecule has 0 aromatic heterocycles. The fraction of sp³-hybridized carbons (Fsp3) is 0.667. The van der Waals surface area contributed by atoms with E-state index in [9.17, 15) is 13.8 Å². The van der Waals surface area contributed by atoms with E-state index < -0.39 is 22.6 Å². The van der Waals surface area contributed by atoms with Gasteiger partial charge in [-0.2, -0.15) is 0 Å². The van der Waals surface area contributed by atoms with Crippen LogP contribution in [0, 0.1) is 0 Å². The van der Waals surface area contributed by atoms with E-state index in [1.807, 2.05) is 0 Å². The first-order valence-corrected chi connectivity index (χ1v) is 5.39. The maximum Gasteiger partial charge on any atom is 0.323 e. The Labute approximate surface area is 78.7 Å². The van der Waals surface area contributed by atoms with Gasteiger partial charge >= 0.3 is 11.8 Å². The molecule has 0 spiro atoms. The average molecular weight is 207 g/mol. The lowest BCUT2D eigenvalue weighted by Crippen LogP contribution is -2.43. The van der Waals surface area contributed by atoms with Crippen molar-refractivity contribution in [2.45, 2.75) is 6.42 Å². The standard InChI is InChI=1S/C6H13N3O3S/c1-13(12)4-2-3-8-5(10)6(11)9-7/h2-4,7H2,1H3,(H,8,10)(H,9,11). The van der Waals surface area contributed by atoms with Gasteiger partial charge in [0, 0.05) is 29.4 Å². The van der Waals surface area contributed by atoms with Crippen LogP contribution in [0.25, 0.3) is 0 Å². The Morgan fingerprint density at radius 2 is 2.00 bits per heavy atom. The van der Waals surface area contributed by atoms with Gasteiger partial charge in [-0.1, -0.05) is 0 Å². The number of rotatable bonds is 4. The average Bonchev–Trinajstić information content (AvgIpc) is 2.10. The Balaban J connectivity index is 3.48. The van der Waals surface area contributed by atoms with Crippen molar-refractivity contribution in [2.75, 3.05) is 18.6 Å². The summed E-state index contributed by atoms with van der Waals surface area (Å²) in [6.45, 7) is 0.325. The first-order valence-electron chi connectivity index (χ1n) is 3.66. The van der Waals surface area contributed by atoms with E-state index in [4.69, 9.17) is 5.84 Å². The summed E-state index contributed by atoms with van der Waals surface area (Å²) < 4.78 is 10.6. The fourth-order valence-corrected chi connectivity index (χ4v) is 1.17. The third kappa shape index (κ3) is 6.23. The lowest BCUT2D eigenvalue weighted by atomic mass is 10.4. The summed E-state index contributed by atoms with van der Waals surface area (Å²) in [6.07, 6.45) is 2.15. The highest BCUT2D eigenvalue weighted by molar-refractivity contribution is 7.84. The highest BCUT2D eigenvalue weighted by Crippen LogP contribution is 1.81. The summed E-state index contributed by atoms with van der Waals surface area (Å²) in [6, 6.07) is 0. The number of hydrogen-bond donors (Lipinski definition) is 3. The molecular formula is C6H13N3O3S. The molecule has 1 atom stereocenters. The van der Waals surface area contributed by atoms with Crippen molar-refractivity contribution in [3.8, 4) is 0 Å². The smallest absolute Gasteiger partial charge is 0.323 e. The Morgan fingerprint density at radius 1 is 1.38 bits per heavy atom. The molecular weight excluding hydrogens is 194 g/mol. The van der Waals surface area contributed by atoms with Gasteiger partial charge in [0.25, 0.3) is 0 Å². The molecule has 0 heterocycles. The topological polar surface area (TPSA) is 101 Å². The molecule has 0 saturated carbocycles. The molecule has 0 aromatic carbocycles. The number of carbonyl (C=O) groups excluding carboxylic acids is 2. The zero-order valence-corrected chi connectivity index (χ0v) is 8.15. The number of hydrogen-bond acceptors (Lipinski definition) is 4. The lowest BCUT2D eigenvalue weighted by molar-refractivity contribution is -0.139. The van der Waals surface area contributed by atoms with Crippen LogP contribution in [0.1, 0.15) is 6.42 Å². The van der Waals surface area contributed by atoms with Crippen molar-refractivity contribution >= 4 is 22.6 Å². The van der Waals surface area contributed by atoms with Crippen molar-refractivity contribution in [1.82, 2.24) is 10.7 Å². The number of hydrazine groups is 1. The third-order valence-electron chi connectivity index (χ3n) is 1.23. The monoisotopic (exact) mass is 207 g/mol. The molecule has 4 N–H and O–H groups in total. The minimum absolute atomic E-state index is 0.325. The van der Waals surface area contributed by atoms with Crippen LogP contribution in [0.3, 0.4) is 0 Å². The number of carbonyl (C=O) groups is 2. The van der Waals surface area contributed by atoms with Crippen molar-refractivity contribution in [3.05, 3.63) is 0 Å². The van der Waals surface area contributed by atoms with Crippen molar-refractivity contribution in [3.63, 3.8) is 0 Å². The molecule has 0 aliphatic heterocycles. The zero-order valence-electron chi connectivity index (χ0n) is 7.33. The van der Waals surface area contributed by atoms with E-state index in [1.165, 1.54) is 0 Å². The van der Waals surface area contributed by atoms with E-state index in [-0.39, 0.29) is 0 Å². The van der Waals surface area contributed by atoms with Crippen molar-refractivity contribution in [2.24, 2.45) is 5.84 Å². The summed E-state index contributed by atoms with van der Waals surface area (Å²) in [5, 5.41) is 2.32. The molecule has 6 nitrogen and oxygen atoms in total. The van der Waals surface area contributed by atoms with E-state index >= 15 is 0 Å². The van der Waals surface area contributed by atoms with Crippen LogP contribution in [0.4, 0.5) is 0 Å². The molecule has 0 aliphatic rings. The summed E-state index contributed by atoms with van der Waals surface area (Å²) >= 11 is 0. The molecule has 2 amide bonds. The first kappa shape index (κ1) is 12.0. The Hall–Kier alpha value is -0.950. The highest BCUT2D eigenvalue weighted by atomic mass is 32.2. The van der Waals surface area contributed by atoms with Gasteiger partial charge in [-0.3, -0.25) is 19.2 Å². The van der Waals surface area contributed by atoms with Crippen LogP contribution in [0.15, 0.2) is 0 Å². The molecule has 0 rings (SSSR count). The van der Waals surface area contributed by atoms with E-state index in [2.05, 4.69) is 5.32 Å². The van der Waals surface area contributed by atoms with Gasteiger partial charge in [0.05, 0.1) is 0 Å². The molecule has 1 unspecified atom stereocenters. The predicted molar refractivity (Wildman–Crippen MR) is 48.9 cm³/mol. The molecule has 0 bridgehead atoms. The van der Waals surface area contributed by atoms with Gasteiger partial charge in [0.15, 0.2) is 0 Å². The first-order chi connectivity index (χ1) is 6.07. The van der Waals surface area contributed by atoms with Gasteiger partial charge in [-0.05, 0) is 6.42 Å². The van der Waals surface area contributed by atoms with Gasteiger partial charge in [0.2, 0.25) is 0 Å². The van der Waals surface area contributed by atoms with Gasteiger partial charge in [0.1, 0.15) is 0 Å². The molecule has 76 valence electrons. The predicted octanol–water partition coefficient (Wildman–Crippen LogP) is -2.14. The number of nitrogens with two attached hydrogens (primary N) is 1. The minimum Gasteiger partial charge on any atom is -0.348 e. The van der Waals surface area contributed by atoms with Crippen LogP contribution in [-0.2, 0) is 20.4 Å². The molecule has 13 heavy (non-hydrogen) atoms. The Morgan fingerprint density at radius 3 is 2.46 bits per heavy atom. The molecule has 7 heteroatoms. The third-order valence-corrected chi connectivity index (χ3v) is 2.10. The van der Waals surface area contributed by atoms with Crippen molar-refractivity contribution in [1.29, 1.82) is 0 Å². The molecule has 0 aliphatic carbocycles. The van der Waals surface area contributed by atoms with E-state index in [0.717, 1.165) is 0 Å². The van der Waals surface area contributed by atoms with Crippen LogP contribution < -0.4 is 16.6 Å². The molecule has 0 aromatic rings. The van der Waals surface area contributed by atoms with Crippen LogP contribution in [0.5, 0.6) is 0 Å². The Bertz CT molecular complexity index is 219. The summed E-state index contributed by atoms with van der Waals surface area (Å²) in [5.74, 6) is 3.57. The normalized spacial score (nSPS) is 11.8. The second kappa shape index (κ2) is 6.55. The number of amides is 2. The largest absolute Gasteiger partial charge is 0.348 e. The highest BCUT2D eigenvalue weighted by Gasteiger charge is 2.09. The SMILES string of the molecule is CS(=O)CCCNC(=O)C(=O)NN. The summed E-state index contributed by atoms with van der Waals surface area (Å²) in [5.41, 5.74) is 1.70. The molecule has 0 fully saturated rings. The number of nitrogens with one attached hydrogen (secondary N) is 2. The minimum atomic E-state index is -0.877. The van der Waals surface area contributed by atoms with Crippen LogP contribution in [-0.4, -0.2) is 34.6 Å². The molecule has 0 saturated heterocycles. The van der Waals surface area contributed by atoms with E-state index in [0.29, 0.717) is 18.7 Å². The molecule has 0 radical (unpaired) electrons. The second-order valence-electron chi connectivity index (χ2n) is 2.36. The van der Waals surface area contributed by atoms with E-state index in [1.54, 1.807) is 11.7 Å². The van der Waals surface area contributed by atoms with Crippen molar-refractivity contribution < 1.29 is 13.8 Å². The Kier molecular flexibility index (Phi) is 6.07. The zero-order chi connectivity index (χ0) is 10.3. The quantitative estimate of drug-likeness (QED) is 0.161. The fourth-order valence-electron chi connectivity index (χ4n) is 0.623. The maximum absolute atomic E-state index is 10.7. The van der Waals surface area contributed by atoms with Crippen LogP contribution in [0.2, 0.25) is 0 Å². The van der Waals surface area contributed by atoms with Gasteiger partial charge < -0.3 is 5.32 Å². The lowest BCUT2D eigenvalue weighted by Gasteiger charge is -2.02. The van der Waals surface area contributed by atoms with Gasteiger partial charge in [-0.15, -0.1) is 0 Å². The van der Waals surface area contributed by atoms with Crippen LogP contribution >= 0.6 is 0 Å². The second-order valence-corrected chi connectivity index (χ2v) is 3.91. The summed E-state index contributed by atoms with van der Waals surface area (Å²) in [4.78, 5) is 21.3. The summed E-state index contributed by atoms with van der Waals surface area (Å²) in [7, 11) is -0.869.